The Hall–Kier alpha value is -3.04. The molecule has 1 fully saturated rings. The number of halogens is 1. The van der Waals surface area contributed by atoms with Crippen molar-refractivity contribution in [1.82, 2.24) is 4.90 Å². The van der Waals surface area contributed by atoms with E-state index in [1.165, 1.54) is 21.1 Å². The summed E-state index contributed by atoms with van der Waals surface area (Å²) in [6.07, 6.45) is 3.86. The zero-order valence-electron chi connectivity index (χ0n) is 19.0. The molecule has 0 aromatic heterocycles. The van der Waals surface area contributed by atoms with Crippen molar-refractivity contribution in [3.05, 3.63) is 75.1 Å². The molecule has 1 heterocycles. The summed E-state index contributed by atoms with van der Waals surface area (Å²) in [7, 11) is 2.75. The topological polar surface area (TPSA) is 82.1 Å². The van der Waals surface area contributed by atoms with Gasteiger partial charge in [-0.1, -0.05) is 34.1 Å². The van der Waals surface area contributed by atoms with E-state index >= 15 is 0 Å². The van der Waals surface area contributed by atoms with Crippen LogP contribution in [0.25, 0.3) is 6.08 Å². The summed E-state index contributed by atoms with van der Waals surface area (Å²) < 4.78 is 17.3. The number of carbonyl (C=O) groups is 3. The largest absolute Gasteiger partial charge is 0.493 e. The van der Waals surface area contributed by atoms with E-state index in [9.17, 15) is 14.4 Å². The zero-order valence-corrected chi connectivity index (χ0v) is 21.4. The molecular formula is C25H24BrNO6S. The van der Waals surface area contributed by atoms with Gasteiger partial charge in [-0.15, -0.1) is 6.58 Å². The molecule has 1 atom stereocenters. The van der Waals surface area contributed by atoms with Crippen LogP contribution in [-0.4, -0.2) is 42.3 Å². The fourth-order valence-electron chi connectivity index (χ4n) is 3.37. The lowest BCUT2D eigenvalue weighted by Gasteiger charge is -2.18. The second-order valence-corrected chi connectivity index (χ2v) is 9.28. The Morgan fingerprint density at radius 1 is 1.21 bits per heavy atom. The van der Waals surface area contributed by atoms with Crippen molar-refractivity contribution in [2.75, 3.05) is 14.2 Å². The normalized spacial score (nSPS) is 15.4. The van der Waals surface area contributed by atoms with Crippen LogP contribution in [0, 0.1) is 0 Å². The van der Waals surface area contributed by atoms with Crippen LogP contribution in [-0.2, 0) is 27.4 Å². The third-order valence-electron chi connectivity index (χ3n) is 5.09. The maximum absolute atomic E-state index is 12.8. The van der Waals surface area contributed by atoms with Crippen LogP contribution in [0.15, 0.2) is 58.4 Å². The quantitative estimate of drug-likeness (QED) is 0.238. The molecule has 0 aliphatic carbocycles. The predicted octanol–water partition coefficient (Wildman–Crippen LogP) is 5.36. The van der Waals surface area contributed by atoms with E-state index in [-0.39, 0.29) is 4.91 Å². The van der Waals surface area contributed by atoms with Gasteiger partial charge in [-0.2, -0.15) is 0 Å². The first kappa shape index (κ1) is 25.6. The zero-order chi connectivity index (χ0) is 24.8. The number of imide groups is 1. The van der Waals surface area contributed by atoms with E-state index in [0.29, 0.717) is 30.1 Å². The molecule has 1 saturated heterocycles. The summed E-state index contributed by atoms with van der Waals surface area (Å²) in [5.41, 5.74) is 2.47. The average Bonchev–Trinajstić information content (AvgIpc) is 3.10. The first-order chi connectivity index (χ1) is 16.3. The molecule has 2 amide bonds. The number of thioether (sulfide) groups is 1. The highest BCUT2D eigenvalue weighted by Gasteiger charge is 2.41. The number of hydrogen-bond acceptors (Lipinski definition) is 7. The summed E-state index contributed by atoms with van der Waals surface area (Å²) in [5.74, 6) is -0.141. The summed E-state index contributed by atoms with van der Waals surface area (Å²) in [4.78, 5) is 38.2. The third-order valence-corrected chi connectivity index (χ3v) is 6.50. The summed E-state index contributed by atoms with van der Waals surface area (Å²) in [6, 6.07) is 10.4. The maximum atomic E-state index is 12.8. The standard InChI is InChI=1S/C25H24BrNO6S/c1-5-6-18-11-17(13-21-23(28)27(25(30)34-21)15(2)24(29)32-4)12-20(31-3)22(18)33-14-16-7-9-19(26)10-8-16/h5,7-13,15H,1,6,14H2,2-4H3/b21-13+/t15-/m1/s1. The van der Waals surface area contributed by atoms with Gasteiger partial charge in [-0.05, 0) is 66.6 Å². The molecule has 0 unspecified atom stereocenters. The lowest BCUT2D eigenvalue weighted by atomic mass is 10.0. The third kappa shape index (κ3) is 5.71. The molecule has 2 aromatic rings. The fourth-order valence-corrected chi connectivity index (χ4v) is 4.54. The summed E-state index contributed by atoms with van der Waals surface area (Å²) in [6.45, 7) is 5.62. The van der Waals surface area contributed by atoms with Gasteiger partial charge >= 0.3 is 5.97 Å². The molecule has 7 nitrogen and oxygen atoms in total. The first-order valence-corrected chi connectivity index (χ1v) is 11.9. The minimum atomic E-state index is -1.01. The summed E-state index contributed by atoms with van der Waals surface area (Å²) in [5, 5.41) is -0.526. The highest BCUT2D eigenvalue weighted by atomic mass is 79.9. The molecule has 0 radical (unpaired) electrons. The van der Waals surface area contributed by atoms with E-state index in [1.807, 2.05) is 30.3 Å². The lowest BCUT2D eigenvalue weighted by Crippen LogP contribution is -2.42. The molecule has 9 heteroatoms. The second kappa shape index (κ2) is 11.4. The smallest absolute Gasteiger partial charge is 0.328 e. The Morgan fingerprint density at radius 3 is 2.53 bits per heavy atom. The van der Waals surface area contributed by atoms with Crippen molar-refractivity contribution in [3.63, 3.8) is 0 Å². The number of nitrogens with zero attached hydrogens (tertiary/aromatic N) is 1. The number of amides is 2. The number of benzene rings is 2. The van der Waals surface area contributed by atoms with E-state index < -0.39 is 23.2 Å². The van der Waals surface area contributed by atoms with Crippen LogP contribution in [0.1, 0.15) is 23.6 Å². The Balaban J connectivity index is 1.91. The Kier molecular flexibility index (Phi) is 8.57. The number of allylic oxidation sites excluding steroid dienone is 1. The number of methoxy groups -OCH3 is 2. The van der Waals surface area contributed by atoms with Gasteiger partial charge in [0.1, 0.15) is 12.6 Å². The van der Waals surface area contributed by atoms with Crippen LogP contribution in [0.3, 0.4) is 0 Å². The Morgan fingerprint density at radius 2 is 1.91 bits per heavy atom. The van der Waals surface area contributed by atoms with E-state index in [0.717, 1.165) is 32.3 Å². The predicted molar refractivity (Wildman–Crippen MR) is 135 cm³/mol. The number of ether oxygens (including phenoxy) is 3. The molecule has 1 aliphatic rings. The Labute approximate surface area is 210 Å². The van der Waals surface area contributed by atoms with Gasteiger partial charge in [-0.25, -0.2) is 4.79 Å². The second-order valence-electron chi connectivity index (χ2n) is 7.37. The van der Waals surface area contributed by atoms with Gasteiger partial charge in [0.2, 0.25) is 0 Å². The molecule has 178 valence electrons. The van der Waals surface area contributed by atoms with E-state index in [2.05, 4.69) is 27.2 Å². The molecule has 3 rings (SSSR count). The van der Waals surface area contributed by atoms with Gasteiger partial charge in [0.15, 0.2) is 11.5 Å². The monoisotopic (exact) mass is 545 g/mol. The van der Waals surface area contributed by atoms with Crippen LogP contribution in [0.5, 0.6) is 11.5 Å². The lowest BCUT2D eigenvalue weighted by molar-refractivity contribution is -0.148. The molecule has 1 aliphatic heterocycles. The molecule has 34 heavy (non-hydrogen) atoms. The van der Waals surface area contributed by atoms with E-state index in [1.54, 1.807) is 18.2 Å². The Bertz CT molecular complexity index is 1140. The van der Waals surface area contributed by atoms with Gasteiger partial charge in [0.25, 0.3) is 11.1 Å². The van der Waals surface area contributed by atoms with Crippen molar-refractivity contribution in [3.8, 4) is 11.5 Å². The minimum absolute atomic E-state index is 0.205. The number of esters is 1. The van der Waals surface area contributed by atoms with Crippen LogP contribution >= 0.6 is 27.7 Å². The highest BCUT2D eigenvalue weighted by molar-refractivity contribution is 9.10. The van der Waals surface area contributed by atoms with Crippen LogP contribution < -0.4 is 9.47 Å². The molecule has 0 saturated carbocycles. The van der Waals surface area contributed by atoms with Crippen molar-refractivity contribution in [1.29, 1.82) is 0 Å². The number of hydrogen-bond donors (Lipinski definition) is 0. The maximum Gasteiger partial charge on any atom is 0.328 e. The van der Waals surface area contributed by atoms with Gasteiger partial charge in [0.05, 0.1) is 19.1 Å². The molecule has 2 aromatic carbocycles. The van der Waals surface area contributed by atoms with Crippen LogP contribution in [0.4, 0.5) is 4.79 Å². The molecule has 0 N–H and O–H groups in total. The van der Waals surface area contributed by atoms with Crippen LogP contribution in [0.2, 0.25) is 0 Å². The van der Waals surface area contributed by atoms with Gasteiger partial charge < -0.3 is 14.2 Å². The van der Waals surface area contributed by atoms with E-state index in [4.69, 9.17) is 9.47 Å². The van der Waals surface area contributed by atoms with Crippen molar-refractivity contribution < 1.29 is 28.6 Å². The fraction of sp³-hybridized carbons (Fsp3) is 0.240. The van der Waals surface area contributed by atoms with Crippen molar-refractivity contribution >= 4 is 50.9 Å². The SMILES string of the molecule is C=CCc1cc(/C=C2/SC(=O)N([C@H](C)C(=O)OC)C2=O)cc(OC)c1OCc1ccc(Br)cc1. The van der Waals surface area contributed by atoms with Crippen molar-refractivity contribution in [2.45, 2.75) is 26.0 Å². The molecular weight excluding hydrogens is 522 g/mol. The van der Waals surface area contributed by atoms with Gasteiger partial charge in [-0.3, -0.25) is 14.5 Å². The van der Waals surface area contributed by atoms with Crippen molar-refractivity contribution in [2.24, 2.45) is 0 Å². The first-order valence-electron chi connectivity index (χ1n) is 10.3. The molecule has 0 spiro atoms. The number of carbonyl (C=O) groups excluding carboxylic acids is 3. The number of rotatable bonds is 9. The average molecular weight is 546 g/mol. The minimum Gasteiger partial charge on any atom is -0.493 e. The molecule has 0 bridgehead atoms. The highest BCUT2D eigenvalue weighted by Crippen LogP contribution is 2.38. The summed E-state index contributed by atoms with van der Waals surface area (Å²) >= 11 is 4.19. The van der Waals surface area contributed by atoms with Gasteiger partial charge in [0, 0.05) is 10.0 Å².